The number of rotatable bonds is 5. The summed E-state index contributed by atoms with van der Waals surface area (Å²) in [6, 6.07) is 10.9. The average molecular weight is 333 g/mol. The number of anilines is 1. The zero-order valence-electron chi connectivity index (χ0n) is 14.7. The van der Waals surface area contributed by atoms with E-state index in [9.17, 15) is 0 Å². The van der Waals surface area contributed by atoms with Crippen LogP contribution < -0.4 is 5.32 Å². The van der Waals surface area contributed by atoms with E-state index in [0.29, 0.717) is 5.95 Å². The number of nitrogens with zero attached hydrogens (tertiary/aromatic N) is 4. The Hall–Kier alpha value is -2.69. The van der Waals surface area contributed by atoms with Gasteiger partial charge in [-0.25, -0.2) is 9.97 Å². The van der Waals surface area contributed by atoms with Crippen LogP contribution in [0.4, 0.5) is 5.95 Å². The van der Waals surface area contributed by atoms with Crippen molar-refractivity contribution in [2.24, 2.45) is 0 Å². The summed E-state index contributed by atoms with van der Waals surface area (Å²) < 4.78 is 1.99. The molecule has 2 aromatic heterocycles. The molecule has 0 bridgehead atoms. The van der Waals surface area contributed by atoms with E-state index in [0.717, 1.165) is 42.8 Å². The molecule has 1 aromatic carbocycles. The van der Waals surface area contributed by atoms with Crippen molar-refractivity contribution in [2.45, 2.75) is 45.7 Å². The molecule has 0 aliphatic heterocycles. The Kier molecular flexibility index (Phi) is 4.22. The molecule has 128 valence electrons. The van der Waals surface area contributed by atoms with E-state index in [2.05, 4.69) is 52.8 Å². The molecule has 2 heterocycles. The van der Waals surface area contributed by atoms with Crippen LogP contribution in [-0.2, 0) is 13.0 Å². The highest BCUT2D eigenvalue weighted by molar-refractivity contribution is 5.61. The fourth-order valence-corrected chi connectivity index (χ4v) is 3.55. The van der Waals surface area contributed by atoms with Crippen molar-refractivity contribution in [3.05, 3.63) is 59.5 Å². The second kappa shape index (κ2) is 6.67. The first-order valence-corrected chi connectivity index (χ1v) is 8.96. The summed E-state index contributed by atoms with van der Waals surface area (Å²) in [5.41, 5.74) is 5.79. The SMILES string of the molecule is CCCn1cc(-c2ccnc(NC3CCc4ccccc43)n2)c(C)n1. The summed E-state index contributed by atoms with van der Waals surface area (Å²) in [5.74, 6) is 0.682. The van der Waals surface area contributed by atoms with Gasteiger partial charge in [0.15, 0.2) is 0 Å². The highest BCUT2D eigenvalue weighted by Gasteiger charge is 2.22. The van der Waals surface area contributed by atoms with E-state index >= 15 is 0 Å². The lowest BCUT2D eigenvalue weighted by Gasteiger charge is -2.14. The number of hydrogen-bond donors (Lipinski definition) is 1. The molecule has 0 saturated carbocycles. The predicted molar refractivity (Wildman–Crippen MR) is 99.4 cm³/mol. The number of aromatic nitrogens is 4. The van der Waals surface area contributed by atoms with Gasteiger partial charge >= 0.3 is 0 Å². The largest absolute Gasteiger partial charge is 0.347 e. The summed E-state index contributed by atoms with van der Waals surface area (Å²) in [6.45, 7) is 5.11. The lowest BCUT2D eigenvalue weighted by Crippen LogP contribution is -2.10. The average Bonchev–Trinajstić information content (AvgIpc) is 3.19. The van der Waals surface area contributed by atoms with E-state index < -0.39 is 0 Å². The molecular weight excluding hydrogens is 310 g/mol. The fraction of sp³-hybridized carbons (Fsp3) is 0.350. The van der Waals surface area contributed by atoms with E-state index in [-0.39, 0.29) is 6.04 Å². The van der Waals surface area contributed by atoms with Crippen LogP contribution in [0.5, 0.6) is 0 Å². The summed E-state index contributed by atoms with van der Waals surface area (Å²) in [6.07, 6.45) is 7.16. The summed E-state index contributed by atoms with van der Waals surface area (Å²) >= 11 is 0. The molecule has 4 rings (SSSR count). The molecule has 0 amide bonds. The first-order chi connectivity index (χ1) is 12.2. The first kappa shape index (κ1) is 15.8. The Morgan fingerprint density at radius 3 is 3.00 bits per heavy atom. The molecule has 0 saturated heterocycles. The maximum absolute atomic E-state index is 4.74. The number of nitrogens with one attached hydrogen (secondary N) is 1. The third kappa shape index (κ3) is 3.14. The lowest BCUT2D eigenvalue weighted by atomic mass is 10.1. The van der Waals surface area contributed by atoms with Gasteiger partial charge in [0.25, 0.3) is 0 Å². The maximum atomic E-state index is 4.74. The molecule has 5 heteroatoms. The summed E-state index contributed by atoms with van der Waals surface area (Å²) in [7, 11) is 0. The highest BCUT2D eigenvalue weighted by atomic mass is 15.3. The van der Waals surface area contributed by atoms with Gasteiger partial charge in [-0.2, -0.15) is 5.10 Å². The molecule has 0 spiro atoms. The number of hydrogen-bond acceptors (Lipinski definition) is 4. The van der Waals surface area contributed by atoms with Crippen LogP contribution in [-0.4, -0.2) is 19.7 Å². The van der Waals surface area contributed by atoms with Crippen LogP contribution in [0.1, 0.15) is 42.6 Å². The third-order valence-corrected chi connectivity index (χ3v) is 4.77. The summed E-state index contributed by atoms with van der Waals surface area (Å²) in [4.78, 5) is 9.16. The zero-order chi connectivity index (χ0) is 17.2. The van der Waals surface area contributed by atoms with Crippen LogP contribution in [0.15, 0.2) is 42.7 Å². The van der Waals surface area contributed by atoms with E-state index in [1.165, 1.54) is 11.1 Å². The van der Waals surface area contributed by atoms with Crippen LogP contribution in [0.25, 0.3) is 11.3 Å². The van der Waals surface area contributed by atoms with Crippen molar-refractivity contribution >= 4 is 5.95 Å². The fourth-order valence-electron chi connectivity index (χ4n) is 3.55. The Balaban J connectivity index is 1.58. The van der Waals surface area contributed by atoms with Crippen molar-refractivity contribution in [2.75, 3.05) is 5.32 Å². The molecular formula is C20H23N5. The first-order valence-electron chi connectivity index (χ1n) is 8.96. The maximum Gasteiger partial charge on any atom is 0.223 e. The Labute approximate surface area is 148 Å². The van der Waals surface area contributed by atoms with Gasteiger partial charge in [0, 0.05) is 24.5 Å². The summed E-state index contributed by atoms with van der Waals surface area (Å²) in [5, 5.41) is 8.08. The number of aryl methyl sites for hydroxylation is 3. The molecule has 0 fully saturated rings. The van der Waals surface area contributed by atoms with Crippen LogP contribution in [0, 0.1) is 6.92 Å². The standard InChI is InChI=1S/C20H23N5/c1-3-12-25-13-17(14(2)24-25)19-10-11-21-20(23-19)22-18-9-8-15-6-4-5-7-16(15)18/h4-7,10-11,13,18H,3,8-9,12H2,1-2H3,(H,21,22,23). The Morgan fingerprint density at radius 2 is 2.12 bits per heavy atom. The van der Waals surface area contributed by atoms with Gasteiger partial charge in [-0.05, 0) is 43.4 Å². The van der Waals surface area contributed by atoms with E-state index in [1.54, 1.807) is 0 Å². The quantitative estimate of drug-likeness (QED) is 0.762. The van der Waals surface area contributed by atoms with E-state index in [4.69, 9.17) is 4.98 Å². The molecule has 3 aromatic rings. The molecule has 1 aliphatic rings. The lowest BCUT2D eigenvalue weighted by molar-refractivity contribution is 0.598. The van der Waals surface area contributed by atoms with E-state index in [1.807, 2.05) is 23.9 Å². The van der Waals surface area contributed by atoms with Crippen LogP contribution in [0.2, 0.25) is 0 Å². The molecule has 0 radical (unpaired) electrons. The van der Waals surface area contributed by atoms with Gasteiger partial charge in [-0.15, -0.1) is 0 Å². The molecule has 1 atom stereocenters. The molecule has 1 unspecified atom stereocenters. The van der Waals surface area contributed by atoms with Crippen LogP contribution >= 0.6 is 0 Å². The normalized spacial score (nSPS) is 16.0. The van der Waals surface area contributed by atoms with Crippen molar-refractivity contribution < 1.29 is 0 Å². The number of benzene rings is 1. The Bertz CT molecular complexity index is 883. The molecule has 5 nitrogen and oxygen atoms in total. The van der Waals surface area contributed by atoms with Gasteiger partial charge in [-0.3, -0.25) is 4.68 Å². The van der Waals surface area contributed by atoms with Gasteiger partial charge in [0.1, 0.15) is 0 Å². The zero-order valence-corrected chi connectivity index (χ0v) is 14.7. The predicted octanol–water partition coefficient (Wildman–Crippen LogP) is 4.16. The van der Waals surface area contributed by atoms with Crippen molar-refractivity contribution in [1.29, 1.82) is 0 Å². The molecule has 1 N–H and O–H groups in total. The van der Waals surface area contributed by atoms with Gasteiger partial charge < -0.3 is 5.32 Å². The second-order valence-electron chi connectivity index (χ2n) is 6.59. The smallest absolute Gasteiger partial charge is 0.223 e. The minimum Gasteiger partial charge on any atom is -0.347 e. The molecule has 1 aliphatic carbocycles. The minimum absolute atomic E-state index is 0.287. The van der Waals surface area contributed by atoms with Crippen LogP contribution in [0.3, 0.4) is 0 Å². The topological polar surface area (TPSA) is 55.6 Å². The Morgan fingerprint density at radius 1 is 1.24 bits per heavy atom. The molecule has 25 heavy (non-hydrogen) atoms. The number of fused-ring (bicyclic) bond motifs is 1. The van der Waals surface area contributed by atoms with Crippen molar-refractivity contribution in [3.63, 3.8) is 0 Å². The minimum atomic E-state index is 0.287. The second-order valence-corrected chi connectivity index (χ2v) is 6.59. The third-order valence-electron chi connectivity index (χ3n) is 4.77. The highest BCUT2D eigenvalue weighted by Crippen LogP contribution is 2.33. The van der Waals surface area contributed by atoms with Gasteiger partial charge in [0.05, 0.1) is 17.4 Å². The van der Waals surface area contributed by atoms with Crippen molar-refractivity contribution in [1.82, 2.24) is 19.7 Å². The van der Waals surface area contributed by atoms with Gasteiger partial charge in [0.2, 0.25) is 5.95 Å². The van der Waals surface area contributed by atoms with Gasteiger partial charge in [-0.1, -0.05) is 31.2 Å². The van der Waals surface area contributed by atoms with Crippen molar-refractivity contribution in [3.8, 4) is 11.3 Å². The monoisotopic (exact) mass is 333 g/mol.